The molecule has 1 aliphatic rings. The highest BCUT2D eigenvalue weighted by Crippen LogP contribution is 2.43. The van der Waals surface area contributed by atoms with Crippen LogP contribution >= 0.6 is 0 Å². The average molecular weight is 191 g/mol. The van der Waals surface area contributed by atoms with Gasteiger partial charge in [-0.3, -0.25) is 0 Å². The second kappa shape index (κ2) is 3.42. The van der Waals surface area contributed by atoms with E-state index >= 15 is 0 Å². The zero-order chi connectivity index (χ0) is 11.0. The predicted molar refractivity (Wildman–Crippen MR) is 59.7 cm³/mol. The molecule has 1 nitrogen and oxygen atoms in total. The lowest BCUT2D eigenvalue weighted by atomic mass is 9.67. The van der Waals surface area contributed by atoms with E-state index < -0.39 is 0 Å². The molecular weight excluding hydrogens is 170 g/mol. The van der Waals surface area contributed by atoms with Gasteiger partial charge in [0.1, 0.15) is 0 Å². The molecule has 0 amide bonds. The Labute approximate surface area is 87.8 Å². The Kier molecular flexibility index (Phi) is 2.76. The zero-order valence-corrected chi connectivity index (χ0v) is 10.0. The second-order valence-corrected chi connectivity index (χ2v) is 5.76. The molecule has 0 aromatic heterocycles. The molecule has 0 radical (unpaired) electrons. The van der Waals surface area contributed by atoms with Crippen LogP contribution in [-0.2, 0) is 0 Å². The molecule has 0 fully saturated rings. The van der Waals surface area contributed by atoms with Crippen LogP contribution in [0.15, 0.2) is 11.6 Å². The van der Waals surface area contributed by atoms with Crippen molar-refractivity contribution in [3.8, 4) is 6.07 Å². The van der Waals surface area contributed by atoms with E-state index in [2.05, 4.69) is 46.8 Å². The van der Waals surface area contributed by atoms with Crippen LogP contribution < -0.4 is 0 Å². The van der Waals surface area contributed by atoms with Crippen molar-refractivity contribution in [2.24, 2.45) is 16.7 Å². The van der Waals surface area contributed by atoms with E-state index in [1.165, 1.54) is 5.57 Å². The fraction of sp³-hybridized carbons (Fsp3) is 0.769. The van der Waals surface area contributed by atoms with Crippen LogP contribution in [0.1, 0.15) is 47.5 Å². The summed E-state index contributed by atoms with van der Waals surface area (Å²) in [5, 5.41) is 9.13. The minimum atomic E-state index is -0.144. The first-order chi connectivity index (χ1) is 6.29. The lowest BCUT2D eigenvalue weighted by Crippen LogP contribution is -2.28. The predicted octanol–water partition coefficient (Wildman–Crippen LogP) is 3.92. The average Bonchev–Trinajstić information content (AvgIpc) is 2.08. The molecular formula is C13H21N. The fourth-order valence-electron chi connectivity index (χ4n) is 1.97. The van der Waals surface area contributed by atoms with Crippen molar-refractivity contribution in [2.75, 3.05) is 0 Å². The number of hydrogen-bond donors (Lipinski definition) is 0. The molecule has 0 aromatic carbocycles. The van der Waals surface area contributed by atoms with Crippen LogP contribution in [0.3, 0.4) is 0 Å². The fourth-order valence-corrected chi connectivity index (χ4v) is 1.97. The zero-order valence-electron chi connectivity index (χ0n) is 10.0. The minimum absolute atomic E-state index is 0.144. The number of nitrogens with zero attached hydrogens (tertiary/aromatic N) is 1. The van der Waals surface area contributed by atoms with Gasteiger partial charge in [-0.1, -0.05) is 39.3 Å². The Hall–Kier alpha value is -0.770. The Morgan fingerprint density at radius 1 is 1.50 bits per heavy atom. The first-order valence-corrected chi connectivity index (χ1v) is 5.42. The van der Waals surface area contributed by atoms with Gasteiger partial charge in [0.25, 0.3) is 0 Å². The Balaban J connectivity index is 2.93. The van der Waals surface area contributed by atoms with Crippen molar-refractivity contribution < 1.29 is 0 Å². The largest absolute Gasteiger partial charge is 0.198 e. The van der Waals surface area contributed by atoms with E-state index in [0.29, 0.717) is 5.92 Å². The first-order valence-electron chi connectivity index (χ1n) is 5.42. The minimum Gasteiger partial charge on any atom is -0.198 e. The summed E-state index contributed by atoms with van der Waals surface area (Å²) in [4.78, 5) is 0. The maximum absolute atomic E-state index is 9.13. The van der Waals surface area contributed by atoms with E-state index in [1.807, 2.05) is 0 Å². The van der Waals surface area contributed by atoms with Crippen LogP contribution in [0.4, 0.5) is 0 Å². The smallest absolute Gasteiger partial charge is 0.0693 e. The van der Waals surface area contributed by atoms with E-state index in [1.54, 1.807) is 0 Å². The summed E-state index contributed by atoms with van der Waals surface area (Å²) in [5.41, 5.74) is 1.64. The van der Waals surface area contributed by atoms with Crippen LogP contribution in [0, 0.1) is 28.1 Å². The lowest BCUT2D eigenvalue weighted by molar-refractivity contribution is 0.278. The van der Waals surface area contributed by atoms with Gasteiger partial charge in [0.2, 0.25) is 0 Å². The third kappa shape index (κ3) is 2.00. The molecule has 78 valence electrons. The van der Waals surface area contributed by atoms with Gasteiger partial charge >= 0.3 is 0 Å². The van der Waals surface area contributed by atoms with E-state index in [9.17, 15) is 0 Å². The molecule has 0 saturated heterocycles. The van der Waals surface area contributed by atoms with Gasteiger partial charge in [-0.25, -0.2) is 0 Å². The van der Waals surface area contributed by atoms with Gasteiger partial charge in [0.15, 0.2) is 0 Å². The van der Waals surface area contributed by atoms with Gasteiger partial charge in [-0.05, 0) is 31.1 Å². The van der Waals surface area contributed by atoms with Gasteiger partial charge in [-0.15, -0.1) is 0 Å². The third-order valence-electron chi connectivity index (χ3n) is 3.59. The molecule has 0 aromatic rings. The highest BCUT2D eigenvalue weighted by Gasteiger charge is 2.35. The number of nitriles is 1. The monoisotopic (exact) mass is 191 g/mol. The topological polar surface area (TPSA) is 23.8 Å². The summed E-state index contributed by atoms with van der Waals surface area (Å²) < 4.78 is 0. The van der Waals surface area contributed by atoms with Gasteiger partial charge in [0, 0.05) is 0 Å². The summed E-state index contributed by atoms with van der Waals surface area (Å²) in [6, 6.07) is 2.46. The molecule has 0 saturated carbocycles. The van der Waals surface area contributed by atoms with E-state index in [4.69, 9.17) is 5.26 Å². The summed E-state index contributed by atoms with van der Waals surface area (Å²) in [7, 11) is 0. The molecule has 0 heterocycles. The first kappa shape index (κ1) is 11.3. The normalized spacial score (nSPS) is 33.4. The van der Waals surface area contributed by atoms with Crippen molar-refractivity contribution >= 4 is 0 Å². The lowest BCUT2D eigenvalue weighted by Gasteiger charge is -2.36. The summed E-state index contributed by atoms with van der Waals surface area (Å²) >= 11 is 0. The number of rotatable bonds is 0. The van der Waals surface area contributed by atoms with Crippen molar-refractivity contribution in [1.82, 2.24) is 0 Å². The highest BCUT2D eigenvalue weighted by atomic mass is 14.4. The summed E-state index contributed by atoms with van der Waals surface area (Å²) in [6.45, 7) is 11.0. The van der Waals surface area contributed by atoms with Crippen LogP contribution in [0.2, 0.25) is 0 Å². The molecule has 14 heavy (non-hydrogen) atoms. The molecule has 1 heteroatoms. The summed E-state index contributed by atoms with van der Waals surface area (Å²) in [6.07, 6.45) is 4.40. The summed E-state index contributed by atoms with van der Waals surface area (Å²) in [5.74, 6) is 0.385. The number of allylic oxidation sites excluding steroid dienone is 2. The van der Waals surface area contributed by atoms with Gasteiger partial charge in [0.05, 0.1) is 11.5 Å². The maximum atomic E-state index is 9.13. The Morgan fingerprint density at radius 3 is 2.43 bits per heavy atom. The van der Waals surface area contributed by atoms with Crippen molar-refractivity contribution in [2.45, 2.75) is 47.5 Å². The van der Waals surface area contributed by atoms with Crippen LogP contribution in [0.25, 0.3) is 0 Å². The standard InChI is InChI=1S/C13H21N/c1-10-8-11(12(2,3)4)6-7-13(10,5)9-14/h8,10H,6-7H2,1-5H3. The molecule has 1 aliphatic carbocycles. The molecule has 1 rings (SSSR count). The van der Waals surface area contributed by atoms with E-state index in [0.717, 1.165) is 12.8 Å². The Morgan fingerprint density at radius 2 is 2.07 bits per heavy atom. The van der Waals surface area contributed by atoms with Crippen LogP contribution in [-0.4, -0.2) is 0 Å². The van der Waals surface area contributed by atoms with Gasteiger partial charge < -0.3 is 0 Å². The third-order valence-corrected chi connectivity index (χ3v) is 3.59. The van der Waals surface area contributed by atoms with Gasteiger partial charge in [-0.2, -0.15) is 5.26 Å². The molecule has 0 bridgehead atoms. The SMILES string of the molecule is CC1C=C(C(C)(C)C)CCC1(C)C#N. The van der Waals surface area contributed by atoms with Crippen molar-refractivity contribution in [3.05, 3.63) is 11.6 Å². The molecule has 0 N–H and O–H groups in total. The molecule has 0 spiro atoms. The molecule has 2 unspecified atom stereocenters. The molecule has 2 atom stereocenters. The Bertz CT molecular complexity index is 287. The molecule has 0 aliphatic heterocycles. The van der Waals surface area contributed by atoms with Crippen molar-refractivity contribution in [1.29, 1.82) is 5.26 Å². The number of hydrogen-bond acceptors (Lipinski definition) is 1. The quantitative estimate of drug-likeness (QED) is 0.532. The van der Waals surface area contributed by atoms with Crippen LogP contribution in [0.5, 0.6) is 0 Å². The maximum Gasteiger partial charge on any atom is 0.0693 e. The highest BCUT2D eigenvalue weighted by molar-refractivity contribution is 5.21. The van der Waals surface area contributed by atoms with Crippen molar-refractivity contribution in [3.63, 3.8) is 0 Å². The van der Waals surface area contributed by atoms with E-state index in [-0.39, 0.29) is 10.8 Å². The second-order valence-electron chi connectivity index (χ2n) is 5.76.